The summed E-state index contributed by atoms with van der Waals surface area (Å²) in [6.45, 7) is 0.342. The molecule has 0 aliphatic carbocycles. The van der Waals surface area contributed by atoms with Crippen LogP contribution in [0.15, 0.2) is 47.1 Å². The van der Waals surface area contributed by atoms with Crippen LogP contribution in [-0.2, 0) is 9.84 Å². The predicted octanol–water partition coefficient (Wildman–Crippen LogP) is 1.72. The van der Waals surface area contributed by atoms with Crippen molar-refractivity contribution >= 4 is 15.5 Å². The maximum absolute atomic E-state index is 13.8. The Balaban J connectivity index is 2.39. The van der Waals surface area contributed by atoms with Gasteiger partial charge in [-0.25, -0.2) is 12.8 Å². The molecule has 0 aromatic heterocycles. The molecule has 1 aromatic rings. The fourth-order valence-electron chi connectivity index (χ4n) is 1.80. The summed E-state index contributed by atoms with van der Waals surface area (Å²) in [6, 6.07) is 3.61. The van der Waals surface area contributed by atoms with Crippen molar-refractivity contribution in [1.29, 1.82) is 0 Å². The van der Waals surface area contributed by atoms with Gasteiger partial charge in [-0.1, -0.05) is 6.08 Å². The molecule has 1 aliphatic heterocycles. The van der Waals surface area contributed by atoms with E-state index in [1.807, 2.05) is 0 Å². The highest BCUT2D eigenvalue weighted by Gasteiger charge is 2.18. The molecule has 0 saturated heterocycles. The van der Waals surface area contributed by atoms with Gasteiger partial charge in [0.25, 0.3) is 5.70 Å². The molecule has 0 saturated carbocycles. The summed E-state index contributed by atoms with van der Waals surface area (Å²) in [7, 11) is -3.64. The minimum atomic E-state index is -3.64. The Morgan fingerprint density at radius 1 is 1.40 bits per heavy atom. The Kier molecular flexibility index (Phi) is 3.58. The van der Waals surface area contributed by atoms with E-state index in [9.17, 15) is 22.9 Å². The molecule has 6 nitrogen and oxygen atoms in total. The Bertz CT molecular complexity index is 725. The third-order valence-corrected chi connectivity index (χ3v) is 3.87. The van der Waals surface area contributed by atoms with E-state index < -0.39 is 25.5 Å². The molecule has 106 valence electrons. The first kappa shape index (κ1) is 14.2. The monoisotopic (exact) mass is 298 g/mol. The highest BCUT2D eigenvalue weighted by Crippen LogP contribution is 2.24. The Morgan fingerprint density at radius 3 is 2.65 bits per heavy atom. The lowest BCUT2D eigenvalue weighted by atomic mass is 10.2. The first-order valence-electron chi connectivity index (χ1n) is 5.58. The number of sulfone groups is 1. The van der Waals surface area contributed by atoms with E-state index in [1.54, 1.807) is 6.08 Å². The average Bonchev–Trinajstić information content (AvgIpc) is 2.37. The summed E-state index contributed by atoms with van der Waals surface area (Å²) in [4.78, 5) is 11.2. The van der Waals surface area contributed by atoms with E-state index in [2.05, 4.69) is 0 Å². The molecule has 1 heterocycles. The van der Waals surface area contributed by atoms with Crippen LogP contribution in [0.25, 0.3) is 0 Å². The van der Waals surface area contributed by atoms with Crippen LogP contribution in [0.2, 0.25) is 0 Å². The number of halogens is 1. The molecule has 20 heavy (non-hydrogen) atoms. The number of anilines is 1. The summed E-state index contributed by atoms with van der Waals surface area (Å²) < 4.78 is 36.4. The second-order valence-electron chi connectivity index (χ2n) is 4.25. The van der Waals surface area contributed by atoms with Crippen LogP contribution in [0, 0.1) is 15.9 Å². The summed E-state index contributed by atoms with van der Waals surface area (Å²) in [6.07, 6.45) is 5.12. The van der Waals surface area contributed by atoms with Crippen LogP contribution in [-0.4, -0.2) is 26.1 Å². The van der Waals surface area contributed by atoms with Gasteiger partial charge in [0, 0.05) is 24.6 Å². The largest absolute Gasteiger partial charge is 0.338 e. The minimum Gasteiger partial charge on any atom is -0.338 e. The molecule has 0 amide bonds. The van der Waals surface area contributed by atoms with E-state index >= 15 is 0 Å². The molecule has 1 aliphatic rings. The fourth-order valence-corrected chi connectivity index (χ4v) is 2.53. The maximum atomic E-state index is 13.8. The lowest BCUT2D eigenvalue weighted by Gasteiger charge is -2.20. The van der Waals surface area contributed by atoms with Crippen molar-refractivity contribution in [3.8, 4) is 0 Å². The van der Waals surface area contributed by atoms with Gasteiger partial charge in [0.1, 0.15) is 10.7 Å². The molecular weight excluding hydrogens is 287 g/mol. The van der Waals surface area contributed by atoms with Crippen molar-refractivity contribution in [1.82, 2.24) is 0 Å². The average molecular weight is 298 g/mol. The summed E-state index contributed by atoms with van der Waals surface area (Å²) in [5.74, 6) is -0.879. The third-order valence-electron chi connectivity index (χ3n) is 2.74. The van der Waals surface area contributed by atoms with Gasteiger partial charge in [-0.15, -0.1) is 0 Å². The summed E-state index contributed by atoms with van der Waals surface area (Å²) in [5.41, 5.74) is 0.224. The number of benzene rings is 1. The number of nitrogens with zero attached hydrogens (tertiary/aromatic N) is 2. The Labute approximate surface area is 114 Å². The van der Waals surface area contributed by atoms with Gasteiger partial charge < -0.3 is 4.90 Å². The molecule has 0 fully saturated rings. The third kappa shape index (κ3) is 2.85. The van der Waals surface area contributed by atoms with Crippen molar-refractivity contribution in [2.75, 3.05) is 17.7 Å². The van der Waals surface area contributed by atoms with E-state index in [-0.39, 0.29) is 5.70 Å². The lowest BCUT2D eigenvalue weighted by Crippen LogP contribution is -2.21. The van der Waals surface area contributed by atoms with E-state index in [4.69, 9.17) is 0 Å². The normalized spacial score (nSPS) is 15.1. The number of rotatable bonds is 3. The van der Waals surface area contributed by atoms with Crippen molar-refractivity contribution in [2.45, 2.75) is 4.90 Å². The minimum absolute atomic E-state index is 0.121. The van der Waals surface area contributed by atoms with Crippen molar-refractivity contribution in [3.63, 3.8) is 0 Å². The SMILES string of the molecule is CS(=O)(=O)c1ccc(N2C=C([N+](=O)[O-])C=CC2)cc1F. The smallest absolute Gasteiger partial charge is 0.285 e. The standard InChI is InChI=1S/C12H11FN2O4S/c1-20(18,19)12-5-4-9(7-11(12)13)14-6-2-3-10(8-14)15(16)17/h2-5,7-8H,6H2,1H3. The van der Waals surface area contributed by atoms with Crippen molar-refractivity contribution in [2.24, 2.45) is 0 Å². The zero-order valence-corrected chi connectivity index (χ0v) is 11.3. The molecule has 1 aromatic carbocycles. The molecule has 0 radical (unpaired) electrons. The zero-order chi connectivity index (χ0) is 14.9. The van der Waals surface area contributed by atoms with Gasteiger partial charge >= 0.3 is 0 Å². The second kappa shape index (κ2) is 5.04. The number of hydrogen-bond acceptors (Lipinski definition) is 5. The lowest BCUT2D eigenvalue weighted by molar-refractivity contribution is -0.419. The summed E-state index contributed by atoms with van der Waals surface area (Å²) in [5, 5.41) is 10.7. The van der Waals surface area contributed by atoms with Gasteiger partial charge in [0.15, 0.2) is 9.84 Å². The van der Waals surface area contributed by atoms with Gasteiger partial charge in [-0.3, -0.25) is 10.1 Å². The molecule has 0 bridgehead atoms. The molecule has 0 atom stereocenters. The van der Waals surface area contributed by atoms with E-state index in [0.717, 1.165) is 18.4 Å². The van der Waals surface area contributed by atoms with Gasteiger partial charge in [-0.05, 0) is 18.2 Å². The first-order chi connectivity index (χ1) is 9.29. The molecule has 0 unspecified atom stereocenters. The van der Waals surface area contributed by atoms with Gasteiger partial charge in [0.2, 0.25) is 0 Å². The van der Waals surface area contributed by atoms with Crippen LogP contribution >= 0.6 is 0 Å². The van der Waals surface area contributed by atoms with Crippen LogP contribution in [0.5, 0.6) is 0 Å². The maximum Gasteiger partial charge on any atom is 0.285 e. The van der Waals surface area contributed by atoms with E-state index in [0.29, 0.717) is 12.2 Å². The summed E-state index contributed by atoms with van der Waals surface area (Å²) >= 11 is 0. The predicted molar refractivity (Wildman–Crippen MR) is 71.1 cm³/mol. The van der Waals surface area contributed by atoms with Gasteiger partial charge in [-0.2, -0.15) is 0 Å². The number of hydrogen-bond donors (Lipinski definition) is 0. The Hall–Kier alpha value is -2.22. The number of nitro groups is 1. The van der Waals surface area contributed by atoms with Crippen LogP contribution in [0.4, 0.5) is 10.1 Å². The molecule has 0 N–H and O–H groups in total. The van der Waals surface area contributed by atoms with Crippen LogP contribution < -0.4 is 4.90 Å². The van der Waals surface area contributed by atoms with E-state index in [1.165, 1.54) is 23.2 Å². The highest BCUT2D eigenvalue weighted by atomic mass is 32.2. The van der Waals surface area contributed by atoms with Gasteiger partial charge in [0.05, 0.1) is 11.1 Å². The molecule has 2 rings (SSSR count). The zero-order valence-electron chi connectivity index (χ0n) is 10.5. The fraction of sp³-hybridized carbons (Fsp3) is 0.167. The first-order valence-corrected chi connectivity index (χ1v) is 7.47. The molecular formula is C12H11FN2O4S. The van der Waals surface area contributed by atoms with Crippen molar-refractivity contribution < 1.29 is 17.7 Å². The molecule has 0 spiro atoms. The van der Waals surface area contributed by atoms with Crippen LogP contribution in [0.1, 0.15) is 0 Å². The number of allylic oxidation sites excluding steroid dienone is 1. The second-order valence-corrected chi connectivity index (χ2v) is 6.24. The van der Waals surface area contributed by atoms with Crippen molar-refractivity contribution in [3.05, 3.63) is 58.2 Å². The Morgan fingerprint density at radius 2 is 2.10 bits per heavy atom. The highest BCUT2D eigenvalue weighted by molar-refractivity contribution is 7.90. The van der Waals surface area contributed by atoms with Crippen LogP contribution in [0.3, 0.4) is 0 Å². The topological polar surface area (TPSA) is 80.5 Å². The molecule has 8 heteroatoms. The quantitative estimate of drug-likeness (QED) is 0.627.